The van der Waals surface area contributed by atoms with Crippen molar-refractivity contribution in [3.63, 3.8) is 0 Å². The zero-order valence-corrected chi connectivity index (χ0v) is 10.2. The molecular formula is C13H17N3O. The Morgan fingerprint density at radius 3 is 2.94 bits per heavy atom. The number of hydrogen-bond donors (Lipinski definition) is 1. The third-order valence-corrected chi connectivity index (χ3v) is 2.57. The van der Waals surface area contributed by atoms with Crippen LogP contribution in [0.3, 0.4) is 0 Å². The summed E-state index contributed by atoms with van der Waals surface area (Å²) >= 11 is 0. The maximum atomic E-state index is 5.34. The topological polar surface area (TPSA) is 41.3 Å². The summed E-state index contributed by atoms with van der Waals surface area (Å²) in [5, 5.41) is 3.15. The van der Waals surface area contributed by atoms with Gasteiger partial charge in [0.15, 0.2) is 0 Å². The summed E-state index contributed by atoms with van der Waals surface area (Å²) in [6.07, 6.45) is 3.50. The molecule has 0 atom stereocenters. The van der Waals surface area contributed by atoms with Crippen LogP contribution in [0.2, 0.25) is 0 Å². The Morgan fingerprint density at radius 2 is 2.24 bits per heavy atom. The molecule has 0 saturated carbocycles. The summed E-state index contributed by atoms with van der Waals surface area (Å²) in [5.41, 5.74) is 1.18. The maximum Gasteiger partial charge on any atom is 0.133 e. The van der Waals surface area contributed by atoms with Gasteiger partial charge in [-0.1, -0.05) is 6.07 Å². The van der Waals surface area contributed by atoms with E-state index in [-0.39, 0.29) is 0 Å². The fourth-order valence-corrected chi connectivity index (χ4v) is 1.81. The molecule has 0 unspecified atom stereocenters. The van der Waals surface area contributed by atoms with Gasteiger partial charge in [0.05, 0.1) is 12.8 Å². The lowest BCUT2D eigenvalue weighted by molar-refractivity contribution is 0.506. The van der Waals surface area contributed by atoms with Crippen LogP contribution in [0, 0.1) is 0 Å². The van der Waals surface area contributed by atoms with Gasteiger partial charge in [-0.2, -0.15) is 0 Å². The molecule has 0 amide bonds. The second kappa shape index (κ2) is 5.50. The van der Waals surface area contributed by atoms with E-state index in [1.165, 1.54) is 5.56 Å². The Labute approximate surface area is 101 Å². The van der Waals surface area contributed by atoms with Crippen molar-refractivity contribution in [3.05, 3.63) is 48.0 Å². The number of rotatable bonds is 5. The molecule has 4 nitrogen and oxygen atoms in total. The molecule has 0 saturated heterocycles. The lowest BCUT2D eigenvalue weighted by Gasteiger charge is -2.19. The fourth-order valence-electron chi connectivity index (χ4n) is 1.81. The van der Waals surface area contributed by atoms with Crippen LogP contribution in [0.1, 0.15) is 11.3 Å². The van der Waals surface area contributed by atoms with Crippen molar-refractivity contribution in [2.75, 3.05) is 19.0 Å². The summed E-state index contributed by atoms with van der Waals surface area (Å²) in [6, 6.07) is 7.90. The third-order valence-electron chi connectivity index (χ3n) is 2.57. The molecule has 0 bridgehead atoms. The van der Waals surface area contributed by atoms with E-state index in [1.807, 2.05) is 38.5 Å². The van der Waals surface area contributed by atoms with E-state index >= 15 is 0 Å². The Balaban J connectivity index is 2.15. The zero-order chi connectivity index (χ0) is 12.1. The summed E-state index contributed by atoms with van der Waals surface area (Å²) < 4.78 is 5.34. The highest BCUT2D eigenvalue weighted by molar-refractivity contribution is 5.46. The van der Waals surface area contributed by atoms with Gasteiger partial charge in [-0.05, 0) is 25.2 Å². The molecule has 0 spiro atoms. The van der Waals surface area contributed by atoms with E-state index in [2.05, 4.69) is 21.3 Å². The predicted molar refractivity (Wildman–Crippen MR) is 67.8 cm³/mol. The Bertz CT molecular complexity index is 453. The lowest BCUT2D eigenvalue weighted by Crippen LogP contribution is -2.20. The second-order valence-electron chi connectivity index (χ2n) is 3.95. The number of nitrogens with zero attached hydrogens (tertiary/aromatic N) is 2. The highest BCUT2D eigenvalue weighted by Crippen LogP contribution is 2.17. The van der Waals surface area contributed by atoms with Crippen molar-refractivity contribution in [1.82, 2.24) is 10.3 Å². The molecule has 2 aromatic heterocycles. The van der Waals surface area contributed by atoms with E-state index < -0.39 is 0 Å². The van der Waals surface area contributed by atoms with Crippen molar-refractivity contribution in [2.24, 2.45) is 0 Å². The monoisotopic (exact) mass is 231 g/mol. The third kappa shape index (κ3) is 2.85. The lowest BCUT2D eigenvalue weighted by atomic mass is 10.2. The smallest absolute Gasteiger partial charge is 0.133 e. The quantitative estimate of drug-likeness (QED) is 0.855. The first-order chi connectivity index (χ1) is 8.31. The summed E-state index contributed by atoms with van der Waals surface area (Å²) in [7, 11) is 3.95. The van der Waals surface area contributed by atoms with E-state index in [4.69, 9.17) is 4.42 Å². The van der Waals surface area contributed by atoms with Gasteiger partial charge < -0.3 is 14.6 Å². The van der Waals surface area contributed by atoms with E-state index in [9.17, 15) is 0 Å². The first-order valence-corrected chi connectivity index (χ1v) is 5.63. The number of nitrogens with one attached hydrogen (secondary N) is 1. The summed E-state index contributed by atoms with van der Waals surface area (Å²) in [5.74, 6) is 1.92. The summed E-state index contributed by atoms with van der Waals surface area (Å²) in [4.78, 5) is 6.51. The molecule has 0 fully saturated rings. The molecule has 0 aliphatic heterocycles. The average Bonchev–Trinajstić information content (AvgIpc) is 2.83. The van der Waals surface area contributed by atoms with Gasteiger partial charge in [0, 0.05) is 25.4 Å². The Kier molecular flexibility index (Phi) is 3.77. The maximum absolute atomic E-state index is 5.34. The number of anilines is 1. The first-order valence-electron chi connectivity index (χ1n) is 5.63. The molecule has 4 heteroatoms. The van der Waals surface area contributed by atoms with Gasteiger partial charge in [0.25, 0.3) is 0 Å². The van der Waals surface area contributed by atoms with E-state index in [0.29, 0.717) is 0 Å². The van der Waals surface area contributed by atoms with Gasteiger partial charge in [0.1, 0.15) is 11.6 Å². The fraction of sp³-hybridized carbons (Fsp3) is 0.308. The molecule has 90 valence electrons. The van der Waals surface area contributed by atoms with Gasteiger partial charge in [0.2, 0.25) is 0 Å². The second-order valence-corrected chi connectivity index (χ2v) is 3.95. The molecule has 17 heavy (non-hydrogen) atoms. The van der Waals surface area contributed by atoms with Gasteiger partial charge in [-0.3, -0.25) is 0 Å². The Morgan fingerprint density at radius 1 is 1.35 bits per heavy atom. The molecule has 0 aromatic carbocycles. The van der Waals surface area contributed by atoms with Crippen LogP contribution in [0.5, 0.6) is 0 Å². The Hall–Kier alpha value is -1.81. The average molecular weight is 231 g/mol. The zero-order valence-electron chi connectivity index (χ0n) is 10.2. The van der Waals surface area contributed by atoms with Crippen LogP contribution in [0.25, 0.3) is 0 Å². The van der Waals surface area contributed by atoms with Crippen LogP contribution < -0.4 is 10.2 Å². The van der Waals surface area contributed by atoms with Crippen LogP contribution in [-0.4, -0.2) is 19.1 Å². The SMILES string of the molecule is CNCc1cccnc1N(C)Cc1ccco1. The van der Waals surface area contributed by atoms with Crippen molar-refractivity contribution in [2.45, 2.75) is 13.1 Å². The first kappa shape index (κ1) is 11.7. The van der Waals surface area contributed by atoms with Crippen LogP contribution in [0.4, 0.5) is 5.82 Å². The molecule has 1 N–H and O–H groups in total. The largest absolute Gasteiger partial charge is 0.467 e. The van der Waals surface area contributed by atoms with Crippen LogP contribution in [0.15, 0.2) is 41.1 Å². The van der Waals surface area contributed by atoms with Crippen LogP contribution >= 0.6 is 0 Å². The normalized spacial score (nSPS) is 10.5. The van der Waals surface area contributed by atoms with Crippen LogP contribution in [-0.2, 0) is 13.1 Å². The molecule has 2 rings (SSSR count). The standard InChI is InChI=1S/C13H17N3O/c1-14-9-11-5-3-7-15-13(11)16(2)10-12-6-4-8-17-12/h3-8,14H,9-10H2,1-2H3. The highest BCUT2D eigenvalue weighted by Gasteiger charge is 2.09. The minimum Gasteiger partial charge on any atom is -0.467 e. The molecule has 0 aliphatic carbocycles. The van der Waals surface area contributed by atoms with E-state index in [1.54, 1.807) is 6.26 Å². The number of pyridine rings is 1. The highest BCUT2D eigenvalue weighted by atomic mass is 16.3. The van der Waals surface area contributed by atoms with Crippen molar-refractivity contribution < 1.29 is 4.42 Å². The predicted octanol–water partition coefficient (Wildman–Crippen LogP) is 2.03. The number of hydrogen-bond acceptors (Lipinski definition) is 4. The molecular weight excluding hydrogens is 214 g/mol. The molecule has 2 heterocycles. The summed E-state index contributed by atoms with van der Waals surface area (Å²) in [6.45, 7) is 1.53. The van der Waals surface area contributed by atoms with Crippen molar-refractivity contribution in [1.29, 1.82) is 0 Å². The number of furan rings is 1. The van der Waals surface area contributed by atoms with Gasteiger partial charge in [-0.15, -0.1) is 0 Å². The van der Waals surface area contributed by atoms with Gasteiger partial charge >= 0.3 is 0 Å². The number of aromatic nitrogens is 1. The van der Waals surface area contributed by atoms with Gasteiger partial charge in [-0.25, -0.2) is 4.98 Å². The molecule has 0 aliphatic rings. The minimum atomic E-state index is 0.723. The minimum absolute atomic E-state index is 0.723. The van der Waals surface area contributed by atoms with Crippen molar-refractivity contribution >= 4 is 5.82 Å². The molecule has 0 radical (unpaired) electrons. The van der Waals surface area contributed by atoms with Crippen molar-refractivity contribution in [3.8, 4) is 0 Å². The molecule has 2 aromatic rings. The van der Waals surface area contributed by atoms with E-state index in [0.717, 1.165) is 24.7 Å².